The Morgan fingerprint density at radius 2 is 1.81 bits per heavy atom. The van der Waals surface area contributed by atoms with Gasteiger partial charge in [0.15, 0.2) is 6.29 Å². The van der Waals surface area contributed by atoms with Crippen LogP contribution >= 0.6 is 0 Å². The molecule has 0 radical (unpaired) electrons. The summed E-state index contributed by atoms with van der Waals surface area (Å²) in [5.74, 6) is -0.364. The lowest BCUT2D eigenvalue weighted by Gasteiger charge is -2.39. The van der Waals surface area contributed by atoms with Gasteiger partial charge >= 0.3 is 5.97 Å². The normalized spacial score (nSPS) is 32.9. The third kappa shape index (κ3) is 5.52. The summed E-state index contributed by atoms with van der Waals surface area (Å²) in [6.07, 6.45) is -1.82. The van der Waals surface area contributed by atoms with Gasteiger partial charge in [-0.1, -0.05) is 26.2 Å². The van der Waals surface area contributed by atoms with E-state index < -0.39 is 30.7 Å². The summed E-state index contributed by atoms with van der Waals surface area (Å²) in [7, 11) is 1.31. The van der Waals surface area contributed by atoms with Gasteiger partial charge in [-0.2, -0.15) is 0 Å². The van der Waals surface area contributed by atoms with Crippen LogP contribution in [0.4, 0.5) is 0 Å². The Kier molecular flexibility index (Phi) is 8.13. The fraction of sp³-hybridized carbons (Fsp3) is 0.929. The van der Waals surface area contributed by atoms with E-state index in [0.29, 0.717) is 6.42 Å². The molecule has 7 nitrogen and oxygen atoms in total. The number of hydrogen-bond acceptors (Lipinski definition) is 7. The molecule has 0 saturated carbocycles. The van der Waals surface area contributed by atoms with Crippen molar-refractivity contribution in [2.45, 2.75) is 69.7 Å². The van der Waals surface area contributed by atoms with Crippen molar-refractivity contribution < 1.29 is 34.3 Å². The van der Waals surface area contributed by atoms with E-state index in [0.717, 1.165) is 25.7 Å². The minimum atomic E-state index is -1.41. The van der Waals surface area contributed by atoms with Gasteiger partial charge in [0.05, 0.1) is 0 Å². The predicted molar refractivity (Wildman–Crippen MR) is 73.4 cm³/mol. The molecule has 1 rings (SSSR count). The van der Waals surface area contributed by atoms with E-state index in [1.807, 2.05) is 0 Å². The number of aliphatic hydroxyl groups excluding tert-OH is 3. The van der Waals surface area contributed by atoms with Gasteiger partial charge in [-0.15, -0.1) is 0 Å². The van der Waals surface area contributed by atoms with Crippen molar-refractivity contribution in [1.82, 2.24) is 0 Å². The number of methoxy groups -OCH3 is 1. The molecular formula is C14H26O7. The quantitative estimate of drug-likeness (QED) is 0.426. The van der Waals surface area contributed by atoms with Crippen LogP contribution in [0.2, 0.25) is 0 Å². The lowest BCUT2D eigenvalue weighted by molar-refractivity contribution is -0.295. The second-order valence-corrected chi connectivity index (χ2v) is 5.24. The van der Waals surface area contributed by atoms with E-state index in [1.54, 1.807) is 0 Å². The number of rotatable bonds is 8. The maximum atomic E-state index is 11.5. The van der Waals surface area contributed by atoms with Crippen LogP contribution < -0.4 is 0 Å². The van der Waals surface area contributed by atoms with E-state index >= 15 is 0 Å². The molecule has 0 aromatic heterocycles. The Bertz CT molecular complexity index is 308. The molecule has 124 valence electrons. The van der Waals surface area contributed by atoms with Gasteiger partial charge in [-0.05, 0) is 6.42 Å². The van der Waals surface area contributed by atoms with Gasteiger partial charge in [-0.25, -0.2) is 0 Å². The average Bonchev–Trinajstić information content (AvgIpc) is 2.48. The van der Waals surface area contributed by atoms with Crippen molar-refractivity contribution in [3.05, 3.63) is 0 Å². The van der Waals surface area contributed by atoms with Crippen LogP contribution in [0, 0.1) is 0 Å². The van der Waals surface area contributed by atoms with Crippen molar-refractivity contribution in [1.29, 1.82) is 0 Å². The van der Waals surface area contributed by atoms with Crippen molar-refractivity contribution in [3.63, 3.8) is 0 Å². The minimum absolute atomic E-state index is 0.183. The number of hydrogen-bond donors (Lipinski definition) is 3. The Labute approximate surface area is 124 Å². The van der Waals surface area contributed by atoms with E-state index in [9.17, 15) is 20.1 Å². The van der Waals surface area contributed by atoms with Gasteiger partial charge in [-0.3, -0.25) is 4.79 Å². The molecule has 0 aliphatic carbocycles. The molecule has 1 fully saturated rings. The number of unbranched alkanes of at least 4 members (excludes halogenated alkanes) is 3. The molecule has 1 heterocycles. The smallest absolute Gasteiger partial charge is 0.305 e. The van der Waals surface area contributed by atoms with Gasteiger partial charge < -0.3 is 29.5 Å². The first-order valence-electron chi connectivity index (χ1n) is 7.39. The summed E-state index contributed by atoms with van der Waals surface area (Å²) in [4.78, 5) is 11.5. The van der Waals surface area contributed by atoms with Crippen LogP contribution in [-0.2, 0) is 19.0 Å². The Hall–Kier alpha value is -0.730. The van der Waals surface area contributed by atoms with Crippen molar-refractivity contribution in [3.8, 4) is 0 Å². The fourth-order valence-corrected chi connectivity index (χ4v) is 2.19. The Morgan fingerprint density at radius 3 is 2.43 bits per heavy atom. The molecule has 0 bridgehead atoms. The standard InChI is InChI=1S/C14H26O7/c1-3-4-5-6-7-10(15)20-8-9-11(16)12(17)13(18)14(19-2)21-9/h9,11-14,16-18H,3-8H2,1-2H3/t9-,11-,12+,13-,14?/m1/s1. The molecule has 3 N–H and O–H groups in total. The van der Waals surface area contributed by atoms with Gasteiger partial charge in [0.25, 0.3) is 0 Å². The SMILES string of the molecule is CCCCCCC(=O)OC[C@H]1OC(OC)[C@H](O)[C@@H](O)[C@@H]1O. The molecule has 0 aromatic carbocycles. The summed E-state index contributed by atoms with van der Waals surface area (Å²) < 4.78 is 15.2. The zero-order valence-corrected chi connectivity index (χ0v) is 12.6. The molecule has 21 heavy (non-hydrogen) atoms. The number of carbonyl (C=O) groups excluding carboxylic acids is 1. The first-order valence-corrected chi connectivity index (χ1v) is 7.39. The first-order chi connectivity index (χ1) is 10.0. The topological polar surface area (TPSA) is 105 Å². The maximum absolute atomic E-state index is 11.5. The van der Waals surface area contributed by atoms with E-state index in [-0.39, 0.29) is 12.6 Å². The van der Waals surface area contributed by atoms with Crippen LogP contribution in [-0.4, -0.2) is 65.7 Å². The highest BCUT2D eigenvalue weighted by Gasteiger charge is 2.44. The molecule has 5 atom stereocenters. The van der Waals surface area contributed by atoms with Crippen LogP contribution in [0.3, 0.4) is 0 Å². The molecule has 7 heteroatoms. The Morgan fingerprint density at radius 1 is 1.10 bits per heavy atom. The Balaban J connectivity index is 2.34. The highest BCUT2D eigenvalue weighted by atomic mass is 16.7. The maximum Gasteiger partial charge on any atom is 0.305 e. The molecule has 1 unspecified atom stereocenters. The second kappa shape index (κ2) is 9.32. The van der Waals surface area contributed by atoms with E-state index in [4.69, 9.17) is 14.2 Å². The number of esters is 1. The number of carbonyl (C=O) groups is 1. The van der Waals surface area contributed by atoms with Gasteiger partial charge in [0.2, 0.25) is 0 Å². The monoisotopic (exact) mass is 306 g/mol. The van der Waals surface area contributed by atoms with Crippen molar-refractivity contribution >= 4 is 5.97 Å². The largest absolute Gasteiger partial charge is 0.463 e. The summed E-state index contributed by atoms with van der Waals surface area (Å²) in [6.45, 7) is 1.91. The van der Waals surface area contributed by atoms with Crippen LogP contribution in [0.5, 0.6) is 0 Å². The summed E-state index contributed by atoms with van der Waals surface area (Å²) in [5.41, 5.74) is 0. The third-order valence-electron chi connectivity index (χ3n) is 3.54. The van der Waals surface area contributed by atoms with Crippen LogP contribution in [0.1, 0.15) is 39.0 Å². The zero-order valence-electron chi connectivity index (χ0n) is 12.6. The first kappa shape index (κ1) is 18.3. The highest BCUT2D eigenvalue weighted by molar-refractivity contribution is 5.69. The highest BCUT2D eigenvalue weighted by Crippen LogP contribution is 2.22. The fourth-order valence-electron chi connectivity index (χ4n) is 2.19. The second-order valence-electron chi connectivity index (χ2n) is 5.24. The predicted octanol–water partition coefficient (Wildman–Crippen LogP) is -0.0460. The van der Waals surface area contributed by atoms with Gasteiger partial charge in [0, 0.05) is 13.5 Å². The average molecular weight is 306 g/mol. The lowest BCUT2D eigenvalue weighted by atomic mass is 9.99. The van der Waals surface area contributed by atoms with E-state index in [2.05, 4.69) is 6.92 Å². The molecule has 0 spiro atoms. The van der Waals surface area contributed by atoms with Crippen molar-refractivity contribution in [2.75, 3.05) is 13.7 Å². The molecule has 0 aromatic rings. The summed E-state index contributed by atoms with van der Waals surface area (Å²) in [5, 5.41) is 29.1. The molecule has 1 aliphatic rings. The van der Waals surface area contributed by atoms with E-state index in [1.165, 1.54) is 7.11 Å². The lowest BCUT2D eigenvalue weighted by Crippen LogP contribution is -2.59. The molecule has 1 saturated heterocycles. The molecule has 0 amide bonds. The number of ether oxygens (including phenoxy) is 3. The molecular weight excluding hydrogens is 280 g/mol. The zero-order chi connectivity index (χ0) is 15.8. The van der Waals surface area contributed by atoms with Crippen molar-refractivity contribution in [2.24, 2.45) is 0 Å². The number of aliphatic hydroxyl groups is 3. The summed E-state index contributed by atoms with van der Waals surface area (Å²) in [6, 6.07) is 0. The van der Waals surface area contributed by atoms with Crippen LogP contribution in [0.25, 0.3) is 0 Å². The molecule has 1 aliphatic heterocycles. The van der Waals surface area contributed by atoms with Gasteiger partial charge in [0.1, 0.15) is 31.0 Å². The minimum Gasteiger partial charge on any atom is -0.463 e. The summed E-state index contributed by atoms with van der Waals surface area (Å²) >= 11 is 0. The van der Waals surface area contributed by atoms with Crippen LogP contribution in [0.15, 0.2) is 0 Å². The third-order valence-corrected chi connectivity index (χ3v) is 3.54.